The molecule has 6 rings (SSSR count). The van der Waals surface area contributed by atoms with Crippen molar-refractivity contribution in [3.63, 3.8) is 0 Å². The second kappa shape index (κ2) is 10.7. The number of aryl methyl sites for hydroxylation is 1. The Balaban J connectivity index is 1.17. The zero-order chi connectivity index (χ0) is 28.1. The minimum absolute atomic E-state index is 0.0108. The maximum atomic E-state index is 12.8. The minimum atomic E-state index is -0.481. The fourth-order valence-electron chi connectivity index (χ4n) is 7.74. The second-order valence-electron chi connectivity index (χ2n) is 13.3. The monoisotopic (exact) mass is 562 g/mol. The van der Waals surface area contributed by atoms with Gasteiger partial charge in [0.05, 0.1) is 11.0 Å². The van der Waals surface area contributed by atoms with Gasteiger partial charge >= 0.3 is 6.09 Å². The van der Waals surface area contributed by atoms with Gasteiger partial charge in [0.2, 0.25) is 0 Å². The Morgan fingerprint density at radius 2 is 1.73 bits per heavy atom. The molecule has 3 saturated heterocycles. The molecule has 0 spiro atoms. The van der Waals surface area contributed by atoms with E-state index in [1.54, 1.807) is 0 Å². The van der Waals surface area contributed by atoms with Crippen molar-refractivity contribution in [3.8, 4) is 0 Å². The van der Waals surface area contributed by atoms with E-state index in [4.69, 9.17) is 21.3 Å². The van der Waals surface area contributed by atoms with Crippen LogP contribution in [0, 0.1) is 6.92 Å². The van der Waals surface area contributed by atoms with E-state index < -0.39 is 5.60 Å². The van der Waals surface area contributed by atoms with Crippen LogP contribution in [0.4, 0.5) is 4.79 Å². The highest BCUT2D eigenvalue weighted by Gasteiger charge is 2.44. The number of carbonyl (C=O) groups excluding carboxylic acids is 1. The molecule has 3 fully saturated rings. The van der Waals surface area contributed by atoms with Crippen molar-refractivity contribution in [1.29, 1.82) is 0 Å². The Hall–Kier alpha value is -2.57. The van der Waals surface area contributed by atoms with Crippen LogP contribution >= 0.6 is 11.6 Å². The first-order valence-electron chi connectivity index (χ1n) is 15.1. The van der Waals surface area contributed by atoms with Crippen LogP contribution in [0.5, 0.6) is 0 Å². The van der Waals surface area contributed by atoms with Gasteiger partial charge < -0.3 is 14.2 Å². The lowest BCUT2D eigenvalue weighted by molar-refractivity contribution is 0.0144. The average molecular weight is 563 g/mol. The van der Waals surface area contributed by atoms with Crippen molar-refractivity contribution in [2.24, 2.45) is 0 Å². The normalized spacial score (nSPS) is 24.9. The molecule has 0 N–H and O–H groups in total. The molecule has 3 aromatic rings. The molecular formula is C33H43ClN4O2. The molecule has 0 unspecified atom stereocenters. The van der Waals surface area contributed by atoms with Gasteiger partial charge in [0.25, 0.3) is 0 Å². The highest BCUT2D eigenvalue weighted by Crippen LogP contribution is 2.45. The molecule has 1 aromatic heterocycles. The summed E-state index contributed by atoms with van der Waals surface area (Å²) in [4.78, 5) is 22.4. The molecule has 4 heterocycles. The lowest BCUT2D eigenvalue weighted by Gasteiger charge is -2.45. The molecule has 6 nitrogen and oxygen atoms in total. The summed E-state index contributed by atoms with van der Waals surface area (Å²) in [6.45, 7) is 10.5. The van der Waals surface area contributed by atoms with Crippen molar-refractivity contribution < 1.29 is 9.53 Å². The summed E-state index contributed by atoms with van der Waals surface area (Å²) >= 11 is 6.50. The number of benzene rings is 2. The van der Waals surface area contributed by atoms with Gasteiger partial charge in [-0.1, -0.05) is 35.9 Å². The van der Waals surface area contributed by atoms with Crippen molar-refractivity contribution in [2.45, 2.75) is 102 Å². The highest BCUT2D eigenvalue weighted by molar-refractivity contribution is 6.30. The Labute approximate surface area is 243 Å². The van der Waals surface area contributed by atoms with Gasteiger partial charge in [0.1, 0.15) is 11.4 Å². The van der Waals surface area contributed by atoms with Gasteiger partial charge in [0.15, 0.2) is 0 Å². The van der Waals surface area contributed by atoms with E-state index in [0.29, 0.717) is 31.2 Å². The van der Waals surface area contributed by atoms with Crippen LogP contribution in [0.1, 0.15) is 83.1 Å². The first-order chi connectivity index (χ1) is 19.1. The van der Waals surface area contributed by atoms with E-state index in [2.05, 4.69) is 58.9 Å². The Kier molecular flexibility index (Phi) is 7.37. The summed E-state index contributed by atoms with van der Waals surface area (Å²) < 4.78 is 8.20. The van der Waals surface area contributed by atoms with E-state index in [1.165, 1.54) is 36.8 Å². The fraction of sp³-hybridized carbons (Fsp3) is 0.576. The molecule has 214 valence electrons. The van der Waals surface area contributed by atoms with Gasteiger partial charge in [-0.05, 0) is 114 Å². The van der Waals surface area contributed by atoms with Gasteiger partial charge in [-0.3, -0.25) is 4.90 Å². The lowest BCUT2D eigenvalue weighted by Crippen LogP contribution is -2.49. The van der Waals surface area contributed by atoms with E-state index in [-0.39, 0.29) is 11.5 Å². The van der Waals surface area contributed by atoms with Crippen molar-refractivity contribution in [2.75, 3.05) is 19.6 Å². The molecule has 7 heteroatoms. The molecule has 40 heavy (non-hydrogen) atoms. The van der Waals surface area contributed by atoms with Gasteiger partial charge in [0, 0.05) is 36.2 Å². The minimum Gasteiger partial charge on any atom is -0.444 e. The smallest absolute Gasteiger partial charge is 0.410 e. The molecular weight excluding hydrogens is 520 g/mol. The van der Waals surface area contributed by atoms with Crippen LogP contribution in [0.15, 0.2) is 48.5 Å². The summed E-state index contributed by atoms with van der Waals surface area (Å²) in [6.07, 6.45) is 7.68. The van der Waals surface area contributed by atoms with Crippen molar-refractivity contribution in [3.05, 3.63) is 64.9 Å². The molecule has 0 aliphatic carbocycles. The predicted octanol–water partition coefficient (Wildman–Crippen LogP) is 7.53. The molecule has 2 bridgehead atoms. The first kappa shape index (κ1) is 27.6. The second-order valence-corrected chi connectivity index (χ2v) is 13.7. The quantitative estimate of drug-likeness (QED) is 0.322. The van der Waals surface area contributed by atoms with Crippen LogP contribution in [0.25, 0.3) is 11.0 Å². The Morgan fingerprint density at radius 3 is 2.40 bits per heavy atom. The van der Waals surface area contributed by atoms with E-state index >= 15 is 0 Å². The van der Waals surface area contributed by atoms with E-state index in [0.717, 1.165) is 42.2 Å². The summed E-state index contributed by atoms with van der Waals surface area (Å²) in [6, 6.07) is 18.7. The number of halogens is 1. The maximum absolute atomic E-state index is 12.8. The van der Waals surface area contributed by atoms with Crippen LogP contribution < -0.4 is 0 Å². The van der Waals surface area contributed by atoms with Crippen LogP contribution in [0.2, 0.25) is 5.02 Å². The zero-order valence-corrected chi connectivity index (χ0v) is 25.2. The molecule has 2 aromatic carbocycles. The van der Waals surface area contributed by atoms with E-state index in [1.807, 2.05) is 31.7 Å². The molecule has 0 radical (unpaired) electrons. The SMILES string of the molecule is Cc1nc2ccccc2n1C1C[C@H]2CC[C@H](C1)N2CCC1(c2cccc(Cl)c2)CCN(C(=O)OC(C)(C)C)CC1. The van der Waals surface area contributed by atoms with E-state index in [9.17, 15) is 4.79 Å². The number of para-hydroxylation sites is 2. The van der Waals surface area contributed by atoms with Crippen LogP contribution in [-0.4, -0.2) is 62.8 Å². The summed E-state index contributed by atoms with van der Waals surface area (Å²) in [7, 11) is 0. The van der Waals surface area contributed by atoms with Crippen LogP contribution in [-0.2, 0) is 10.2 Å². The average Bonchev–Trinajstić information content (AvgIpc) is 3.37. The number of hydrogen-bond donors (Lipinski definition) is 0. The van der Waals surface area contributed by atoms with Gasteiger partial charge in [-0.25, -0.2) is 9.78 Å². The number of piperidine rings is 2. The Bertz CT molecular complexity index is 1360. The number of likely N-dealkylation sites (tertiary alicyclic amines) is 1. The third kappa shape index (κ3) is 5.37. The maximum Gasteiger partial charge on any atom is 0.410 e. The van der Waals surface area contributed by atoms with Gasteiger partial charge in [-0.2, -0.15) is 0 Å². The molecule has 3 aliphatic rings. The lowest BCUT2D eigenvalue weighted by atomic mass is 9.70. The largest absolute Gasteiger partial charge is 0.444 e. The summed E-state index contributed by atoms with van der Waals surface area (Å²) in [5, 5.41) is 0.787. The number of hydrogen-bond acceptors (Lipinski definition) is 4. The number of nitrogens with zero attached hydrogens (tertiary/aromatic N) is 4. The third-order valence-electron chi connectivity index (χ3n) is 9.65. The number of imidazole rings is 1. The predicted molar refractivity (Wildman–Crippen MR) is 161 cm³/mol. The highest BCUT2D eigenvalue weighted by atomic mass is 35.5. The molecule has 2 atom stereocenters. The number of rotatable bonds is 5. The molecule has 0 saturated carbocycles. The third-order valence-corrected chi connectivity index (χ3v) is 9.89. The van der Waals surface area contributed by atoms with Crippen LogP contribution in [0.3, 0.4) is 0 Å². The number of carbonyl (C=O) groups is 1. The molecule has 1 amide bonds. The number of ether oxygens (including phenoxy) is 1. The topological polar surface area (TPSA) is 50.6 Å². The summed E-state index contributed by atoms with van der Waals surface area (Å²) in [5.74, 6) is 1.13. The standard InChI is InChI=1S/C33H43ClN4O2/c1-23-35-29-10-5-6-11-30(29)38(23)28-21-26-12-13-27(22-28)37(26)19-16-33(24-8-7-9-25(34)20-24)14-17-36(18-15-33)31(39)40-32(2,3)4/h5-11,20,26-28H,12-19,21-22H2,1-4H3/t26-,27-/m1/s1. The number of amides is 1. The van der Waals surface area contributed by atoms with Gasteiger partial charge in [-0.15, -0.1) is 0 Å². The first-order valence-corrected chi connectivity index (χ1v) is 15.4. The Morgan fingerprint density at radius 1 is 1.02 bits per heavy atom. The van der Waals surface area contributed by atoms with Crippen molar-refractivity contribution in [1.82, 2.24) is 19.4 Å². The zero-order valence-electron chi connectivity index (χ0n) is 24.4. The summed E-state index contributed by atoms with van der Waals surface area (Å²) in [5.41, 5.74) is 3.22. The number of aromatic nitrogens is 2. The number of fused-ring (bicyclic) bond motifs is 3. The fourth-order valence-corrected chi connectivity index (χ4v) is 7.93. The molecule has 3 aliphatic heterocycles. The van der Waals surface area contributed by atoms with Crippen molar-refractivity contribution >= 4 is 28.7 Å².